The molecule has 0 saturated carbocycles. The first-order chi connectivity index (χ1) is 14.0. The lowest BCUT2D eigenvalue weighted by Crippen LogP contribution is -2.23. The van der Waals surface area contributed by atoms with E-state index in [1.807, 2.05) is 0 Å². The molecule has 9 heteroatoms. The highest BCUT2D eigenvalue weighted by Crippen LogP contribution is 2.34. The van der Waals surface area contributed by atoms with Gasteiger partial charge in [-0.25, -0.2) is 13.4 Å². The summed E-state index contributed by atoms with van der Waals surface area (Å²) in [6.07, 6.45) is 5.82. The standard InChI is InChI=1S/C20H24N4O3S2/c1-2-5-13-8-9-15-16(12-13)28-20(22-15)23-18(25)10-11-21-19-14-6-3-4-7-17(14)29(26,27)24-19/h3-4,6-7,13H,2,5,8-12H2,1H3,(H,21,24)(H,22,23,25). The van der Waals surface area contributed by atoms with Crippen LogP contribution in [0, 0.1) is 5.92 Å². The minimum absolute atomic E-state index is 0.163. The summed E-state index contributed by atoms with van der Waals surface area (Å²) in [5, 5.41) is 3.52. The van der Waals surface area contributed by atoms with Gasteiger partial charge in [0.2, 0.25) is 5.91 Å². The molecule has 2 N–H and O–H groups in total. The van der Waals surface area contributed by atoms with Crippen molar-refractivity contribution in [2.45, 2.75) is 50.3 Å². The zero-order chi connectivity index (χ0) is 20.4. The van der Waals surface area contributed by atoms with Gasteiger partial charge >= 0.3 is 0 Å². The number of benzene rings is 1. The molecule has 1 atom stereocenters. The van der Waals surface area contributed by atoms with Crippen LogP contribution >= 0.6 is 11.3 Å². The molecule has 1 amide bonds. The Morgan fingerprint density at radius 2 is 2.21 bits per heavy atom. The summed E-state index contributed by atoms with van der Waals surface area (Å²) in [6, 6.07) is 6.69. The number of nitrogens with one attached hydrogen (secondary N) is 2. The van der Waals surface area contributed by atoms with Crippen LogP contribution in [0.3, 0.4) is 0 Å². The van der Waals surface area contributed by atoms with Crippen LogP contribution in [0.4, 0.5) is 5.13 Å². The number of amidine groups is 1. The van der Waals surface area contributed by atoms with E-state index in [9.17, 15) is 13.2 Å². The number of fused-ring (bicyclic) bond motifs is 2. The third-order valence-corrected chi connectivity index (χ3v) is 7.69. The summed E-state index contributed by atoms with van der Waals surface area (Å²) in [7, 11) is -3.55. The van der Waals surface area contributed by atoms with Crippen molar-refractivity contribution in [2.75, 3.05) is 11.9 Å². The van der Waals surface area contributed by atoms with Crippen LogP contribution in [-0.4, -0.2) is 31.7 Å². The van der Waals surface area contributed by atoms with Crippen molar-refractivity contribution in [3.8, 4) is 0 Å². The predicted octanol–water partition coefficient (Wildman–Crippen LogP) is 3.12. The molecule has 0 fully saturated rings. The van der Waals surface area contributed by atoms with Crippen molar-refractivity contribution in [3.05, 3.63) is 40.4 Å². The van der Waals surface area contributed by atoms with E-state index in [0.717, 1.165) is 24.5 Å². The molecule has 1 unspecified atom stereocenters. The summed E-state index contributed by atoms with van der Waals surface area (Å²) in [6.45, 7) is 2.41. The highest BCUT2D eigenvalue weighted by Gasteiger charge is 2.30. The average Bonchev–Trinajstić information content (AvgIpc) is 3.19. The van der Waals surface area contributed by atoms with E-state index >= 15 is 0 Å². The molecule has 2 aliphatic rings. The third kappa shape index (κ3) is 4.35. The monoisotopic (exact) mass is 432 g/mol. The molecule has 0 saturated heterocycles. The number of anilines is 1. The Bertz CT molecular complexity index is 1060. The lowest BCUT2D eigenvalue weighted by molar-refractivity contribution is -0.116. The second-order valence-corrected chi connectivity index (χ2v) is 10.2. The molecule has 0 spiro atoms. The zero-order valence-electron chi connectivity index (χ0n) is 16.3. The molecule has 7 nitrogen and oxygen atoms in total. The van der Waals surface area contributed by atoms with Gasteiger partial charge in [-0.2, -0.15) is 0 Å². The van der Waals surface area contributed by atoms with Crippen LogP contribution in [0.1, 0.15) is 48.7 Å². The minimum Gasteiger partial charge on any atom is -0.302 e. The largest absolute Gasteiger partial charge is 0.302 e. The normalized spacial score (nSPS) is 20.7. The van der Waals surface area contributed by atoms with Gasteiger partial charge in [0.25, 0.3) is 10.0 Å². The van der Waals surface area contributed by atoms with Crippen LogP contribution in [-0.2, 0) is 27.7 Å². The van der Waals surface area contributed by atoms with E-state index in [0.29, 0.717) is 16.5 Å². The number of aliphatic imine (C=N–C) groups is 1. The highest BCUT2D eigenvalue weighted by molar-refractivity contribution is 7.90. The van der Waals surface area contributed by atoms with Crippen LogP contribution in [0.15, 0.2) is 34.2 Å². The molecule has 1 aromatic carbocycles. The zero-order valence-corrected chi connectivity index (χ0v) is 17.9. The number of aryl methyl sites for hydroxylation is 1. The van der Waals surface area contributed by atoms with E-state index < -0.39 is 10.0 Å². The number of amides is 1. The van der Waals surface area contributed by atoms with Gasteiger partial charge in [0.15, 0.2) is 5.13 Å². The maximum absolute atomic E-state index is 12.3. The summed E-state index contributed by atoms with van der Waals surface area (Å²) >= 11 is 1.57. The molecule has 1 aromatic heterocycles. The van der Waals surface area contributed by atoms with Crippen molar-refractivity contribution in [3.63, 3.8) is 0 Å². The van der Waals surface area contributed by atoms with Crippen molar-refractivity contribution in [1.82, 2.24) is 9.71 Å². The topological polar surface area (TPSA) is 101 Å². The first kappa shape index (κ1) is 20.0. The molecule has 0 bridgehead atoms. The van der Waals surface area contributed by atoms with Crippen LogP contribution < -0.4 is 10.0 Å². The smallest absolute Gasteiger partial charge is 0.263 e. The number of thiazole rings is 1. The summed E-state index contributed by atoms with van der Waals surface area (Å²) in [5.74, 6) is 0.852. The summed E-state index contributed by atoms with van der Waals surface area (Å²) in [5.41, 5.74) is 1.66. The van der Waals surface area contributed by atoms with Crippen molar-refractivity contribution in [2.24, 2.45) is 10.9 Å². The van der Waals surface area contributed by atoms with Gasteiger partial charge in [-0.1, -0.05) is 31.9 Å². The number of carbonyl (C=O) groups is 1. The Morgan fingerprint density at radius 1 is 1.38 bits per heavy atom. The first-order valence-electron chi connectivity index (χ1n) is 9.91. The van der Waals surface area contributed by atoms with Crippen molar-refractivity contribution < 1.29 is 13.2 Å². The Morgan fingerprint density at radius 3 is 3.03 bits per heavy atom. The van der Waals surface area contributed by atoms with Crippen LogP contribution in [0.25, 0.3) is 0 Å². The average molecular weight is 433 g/mol. The van der Waals surface area contributed by atoms with E-state index in [1.165, 1.54) is 24.1 Å². The number of rotatable bonds is 6. The van der Waals surface area contributed by atoms with Gasteiger partial charge in [0, 0.05) is 16.9 Å². The quantitative estimate of drug-likeness (QED) is 0.732. The number of carbonyl (C=O) groups excluding carboxylic acids is 1. The van der Waals surface area contributed by atoms with Crippen molar-refractivity contribution in [1.29, 1.82) is 0 Å². The van der Waals surface area contributed by atoms with Gasteiger partial charge in [-0.15, -0.1) is 11.3 Å². The van der Waals surface area contributed by atoms with E-state index in [1.54, 1.807) is 35.6 Å². The Labute approximate surface area is 174 Å². The first-order valence-corrected chi connectivity index (χ1v) is 12.2. The van der Waals surface area contributed by atoms with Crippen molar-refractivity contribution >= 4 is 38.2 Å². The van der Waals surface area contributed by atoms with Gasteiger partial charge in [-0.05, 0) is 37.3 Å². The molecular formula is C20H24N4O3S2. The van der Waals surface area contributed by atoms with Gasteiger partial charge in [0.1, 0.15) is 5.84 Å². The predicted molar refractivity (Wildman–Crippen MR) is 114 cm³/mol. The van der Waals surface area contributed by atoms with Gasteiger partial charge in [0.05, 0.1) is 17.1 Å². The Kier molecular flexibility index (Phi) is 5.69. The Balaban J connectivity index is 1.34. The molecule has 29 heavy (non-hydrogen) atoms. The van der Waals surface area contributed by atoms with E-state index in [-0.39, 0.29) is 23.8 Å². The lowest BCUT2D eigenvalue weighted by Gasteiger charge is -2.19. The minimum atomic E-state index is -3.55. The van der Waals surface area contributed by atoms with Crippen LogP contribution in [0.5, 0.6) is 0 Å². The van der Waals surface area contributed by atoms with Gasteiger partial charge in [-0.3, -0.25) is 14.5 Å². The molecule has 154 valence electrons. The highest BCUT2D eigenvalue weighted by atomic mass is 32.2. The molecule has 0 radical (unpaired) electrons. The number of aromatic nitrogens is 1. The molecular weight excluding hydrogens is 408 g/mol. The molecule has 2 aromatic rings. The second-order valence-electron chi connectivity index (χ2n) is 7.42. The maximum atomic E-state index is 12.3. The third-order valence-electron chi connectivity index (χ3n) is 5.26. The fourth-order valence-electron chi connectivity index (χ4n) is 3.85. The second kappa shape index (κ2) is 8.23. The number of nitrogens with zero attached hydrogens (tertiary/aromatic N) is 2. The molecule has 1 aliphatic carbocycles. The van der Waals surface area contributed by atoms with Gasteiger partial charge < -0.3 is 5.32 Å². The summed E-state index contributed by atoms with van der Waals surface area (Å²) in [4.78, 5) is 22.7. The molecule has 1 aliphatic heterocycles. The Hall–Kier alpha value is -2.26. The summed E-state index contributed by atoms with van der Waals surface area (Å²) < 4.78 is 26.6. The van der Waals surface area contributed by atoms with E-state index in [4.69, 9.17) is 0 Å². The van der Waals surface area contributed by atoms with Crippen LogP contribution in [0.2, 0.25) is 0 Å². The van der Waals surface area contributed by atoms with E-state index in [2.05, 4.69) is 26.9 Å². The maximum Gasteiger partial charge on any atom is 0.263 e. The molecule has 2 heterocycles. The number of hydrogen-bond acceptors (Lipinski definition) is 6. The molecule has 4 rings (SSSR count). The number of hydrogen-bond donors (Lipinski definition) is 2. The number of sulfonamides is 1. The lowest BCUT2D eigenvalue weighted by atomic mass is 9.88. The SMILES string of the molecule is CCCC1CCc2nc(NC(=O)CCN=C3NS(=O)(=O)c4ccccc43)sc2C1. The fraction of sp³-hybridized carbons (Fsp3) is 0.450. The fourth-order valence-corrected chi connectivity index (χ4v) is 6.24.